The van der Waals surface area contributed by atoms with Crippen molar-refractivity contribution in [2.24, 2.45) is 4.99 Å². The van der Waals surface area contributed by atoms with Gasteiger partial charge < -0.3 is 15.0 Å². The molecule has 148 valence electrons. The Morgan fingerprint density at radius 3 is 2.36 bits per heavy atom. The summed E-state index contributed by atoms with van der Waals surface area (Å²) in [6.07, 6.45) is 3.25. The highest BCUT2D eigenvalue weighted by Crippen LogP contribution is 2.14. The van der Waals surface area contributed by atoms with Crippen molar-refractivity contribution in [1.29, 1.82) is 0 Å². The first-order valence-corrected chi connectivity index (χ1v) is 9.55. The summed E-state index contributed by atoms with van der Waals surface area (Å²) in [5, 5.41) is 14.3. The SMILES string of the molecule is COc1ccc(CCNC(=NCc2ccc([N+](=O)[O-])cc2)N2CCCC2)cc1. The molecule has 0 bridgehead atoms. The van der Waals surface area contributed by atoms with Crippen LogP contribution in [0.5, 0.6) is 5.75 Å². The lowest BCUT2D eigenvalue weighted by Crippen LogP contribution is -2.40. The minimum Gasteiger partial charge on any atom is -0.497 e. The number of non-ortho nitro benzene ring substituents is 1. The van der Waals surface area contributed by atoms with Gasteiger partial charge in [0.2, 0.25) is 0 Å². The van der Waals surface area contributed by atoms with Gasteiger partial charge in [0.15, 0.2) is 5.96 Å². The summed E-state index contributed by atoms with van der Waals surface area (Å²) in [6, 6.07) is 14.7. The zero-order chi connectivity index (χ0) is 19.8. The third-order valence-electron chi connectivity index (χ3n) is 4.82. The van der Waals surface area contributed by atoms with Gasteiger partial charge in [-0.3, -0.25) is 10.1 Å². The number of methoxy groups -OCH3 is 1. The number of nitrogens with zero attached hydrogens (tertiary/aromatic N) is 3. The molecule has 3 rings (SSSR count). The number of nitrogens with one attached hydrogen (secondary N) is 1. The molecule has 0 aromatic heterocycles. The molecule has 0 saturated carbocycles. The maximum Gasteiger partial charge on any atom is 0.269 e. The molecule has 1 heterocycles. The van der Waals surface area contributed by atoms with Crippen molar-refractivity contribution >= 4 is 11.6 Å². The molecule has 2 aromatic carbocycles. The number of aliphatic imine (C=N–C) groups is 1. The smallest absolute Gasteiger partial charge is 0.269 e. The first-order valence-electron chi connectivity index (χ1n) is 9.55. The van der Waals surface area contributed by atoms with Crippen LogP contribution < -0.4 is 10.1 Å². The summed E-state index contributed by atoms with van der Waals surface area (Å²) >= 11 is 0. The Bertz CT molecular complexity index is 797. The zero-order valence-corrected chi connectivity index (χ0v) is 16.1. The second-order valence-electron chi connectivity index (χ2n) is 6.78. The first kappa shape index (κ1) is 19.7. The molecule has 1 aliphatic rings. The fourth-order valence-electron chi connectivity index (χ4n) is 3.20. The molecule has 7 heteroatoms. The van der Waals surface area contributed by atoms with Crippen LogP contribution in [-0.4, -0.2) is 42.5 Å². The van der Waals surface area contributed by atoms with Crippen molar-refractivity contribution in [3.8, 4) is 5.75 Å². The average Bonchev–Trinajstić information content (AvgIpc) is 3.26. The maximum absolute atomic E-state index is 10.8. The van der Waals surface area contributed by atoms with Crippen molar-refractivity contribution in [3.05, 3.63) is 69.8 Å². The zero-order valence-electron chi connectivity index (χ0n) is 16.1. The highest BCUT2D eigenvalue weighted by atomic mass is 16.6. The fraction of sp³-hybridized carbons (Fsp3) is 0.381. The molecule has 1 aliphatic heterocycles. The molecular weight excluding hydrogens is 356 g/mol. The van der Waals surface area contributed by atoms with E-state index >= 15 is 0 Å². The van der Waals surface area contributed by atoms with Gasteiger partial charge in [-0.05, 0) is 42.5 Å². The van der Waals surface area contributed by atoms with E-state index in [9.17, 15) is 10.1 Å². The van der Waals surface area contributed by atoms with Gasteiger partial charge in [0.1, 0.15) is 5.75 Å². The van der Waals surface area contributed by atoms with Gasteiger partial charge in [0, 0.05) is 31.8 Å². The molecule has 28 heavy (non-hydrogen) atoms. The number of nitro benzene ring substituents is 1. The van der Waals surface area contributed by atoms with E-state index in [-0.39, 0.29) is 10.6 Å². The van der Waals surface area contributed by atoms with Gasteiger partial charge in [0.25, 0.3) is 5.69 Å². The van der Waals surface area contributed by atoms with Gasteiger partial charge >= 0.3 is 0 Å². The average molecular weight is 382 g/mol. The molecule has 0 radical (unpaired) electrons. The fourth-order valence-corrected chi connectivity index (χ4v) is 3.20. The second kappa shape index (κ2) is 9.73. The lowest BCUT2D eigenvalue weighted by molar-refractivity contribution is -0.384. The number of benzene rings is 2. The minimum atomic E-state index is -0.385. The summed E-state index contributed by atoms with van der Waals surface area (Å²) in [7, 11) is 1.67. The normalized spacial score (nSPS) is 14.2. The minimum absolute atomic E-state index is 0.102. The topological polar surface area (TPSA) is 80.0 Å². The molecule has 0 amide bonds. The Hall–Kier alpha value is -3.09. The van der Waals surface area contributed by atoms with E-state index in [0.717, 1.165) is 43.3 Å². The third kappa shape index (κ3) is 5.45. The van der Waals surface area contributed by atoms with Crippen molar-refractivity contribution in [2.75, 3.05) is 26.7 Å². The van der Waals surface area contributed by atoms with Gasteiger partial charge in [-0.2, -0.15) is 0 Å². The summed E-state index contributed by atoms with van der Waals surface area (Å²) < 4.78 is 5.20. The van der Waals surface area contributed by atoms with Crippen molar-refractivity contribution < 1.29 is 9.66 Å². The molecule has 0 aliphatic carbocycles. The van der Waals surface area contributed by atoms with Gasteiger partial charge in [-0.1, -0.05) is 24.3 Å². The lowest BCUT2D eigenvalue weighted by Gasteiger charge is -2.21. The van der Waals surface area contributed by atoms with E-state index in [2.05, 4.69) is 22.3 Å². The summed E-state index contributed by atoms with van der Waals surface area (Å²) in [4.78, 5) is 17.4. The molecular formula is C21H26N4O3. The van der Waals surface area contributed by atoms with Crippen LogP contribution in [0.2, 0.25) is 0 Å². The Morgan fingerprint density at radius 1 is 1.11 bits per heavy atom. The summed E-state index contributed by atoms with van der Waals surface area (Å²) in [6.45, 7) is 3.31. The Kier molecular flexibility index (Phi) is 6.84. The molecule has 1 N–H and O–H groups in total. The molecule has 0 spiro atoms. The highest BCUT2D eigenvalue weighted by Gasteiger charge is 2.16. The van der Waals surface area contributed by atoms with E-state index in [1.54, 1.807) is 19.2 Å². The monoisotopic (exact) mass is 382 g/mol. The predicted molar refractivity (Wildman–Crippen MR) is 110 cm³/mol. The molecule has 0 atom stereocenters. The molecule has 2 aromatic rings. The standard InChI is InChI=1S/C21H26N4O3/c1-28-20-10-6-17(7-11-20)12-13-22-21(24-14-2-3-15-24)23-16-18-4-8-19(9-5-18)25(26)27/h4-11H,2-3,12-16H2,1H3,(H,22,23). The number of hydrogen-bond donors (Lipinski definition) is 1. The van der Waals surface area contributed by atoms with Gasteiger partial charge in [-0.25, -0.2) is 4.99 Å². The number of likely N-dealkylation sites (tertiary alicyclic amines) is 1. The summed E-state index contributed by atoms with van der Waals surface area (Å²) in [5.41, 5.74) is 2.30. The highest BCUT2D eigenvalue weighted by molar-refractivity contribution is 5.80. The Balaban J connectivity index is 1.59. The van der Waals surface area contributed by atoms with E-state index < -0.39 is 0 Å². The largest absolute Gasteiger partial charge is 0.497 e. The van der Waals surface area contributed by atoms with Crippen LogP contribution in [0.1, 0.15) is 24.0 Å². The number of guanidine groups is 1. The van der Waals surface area contributed by atoms with Crippen LogP contribution in [0.3, 0.4) is 0 Å². The summed E-state index contributed by atoms with van der Waals surface area (Å²) in [5.74, 6) is 1.77. The van der Waals surface area contributed by atoms with Crippen LogP contribution in [0.25, 0.3) is 0 Å². The quantitative estimate of drug-likeness (QED) is 0.344. The van der Waals surface area contributed by atoms with E-state index in [1.807, 2.05) is 12.1 Å². The molecule has 1 fully saturated rings. The van der Waals surface area contributed by atoms with E-state index in [0.29, 0.717) is 6.54 Å². The van der Waals surface area contributed by atoms with Crippen LogP contribution in [0, 0.1) is 10.1 Å². The van der Waals surface area contributed by atoms with Gasteiger partial charge in [-0.15, -0.1) is 0 Å². The number of nitro groups is 1. The third-order valence-corrected chi connectivity index (χ3v) is 4.82. The number of ether oxygens (including phenoxy) is 1. The number of rotatable bonds is 7. The van der Waals surface area contributed by atoms with Crippen LogP contribution in [0.4, 0.5) is 5.69 Å². The van der Waals surface area contributed by atoms with E-state index in [4.69, 9.17) is 9.73 Å². The second-order valence-corrected chi connectivity index (χ2v) is 6.78. The van der Waals surface area contributed by atoms with Crippen LogP contribution in [-0.2, 0) is 13.0 Å². The predicted octanol–water partition coefficient (Wildman–Crippen LogP) is 3.39. The first-order chi connectivity index (χ1) is 13.7. The molecule has 1 saturated heterocycles. The lowest BCUT2D eigenvalue weighted by atomic mass is 10.1. The molecule has 0 unspecified atom stereocenters. The van der Waals surface area contributed by atoms with Crippen molar-refractivity contribution in [2.45, 2.75) is 25.8 Å². The van der Waals surface area contributed by atoms with Crippen molar-refractivity contribution in [1.82, 2.24) is 10.2 Å². The Morgan fingerprint density at radius 2 is 1.75 bits per heavy atom. The van der Waals surface area contributed by atoms with E-state index in [1.165, 1.54) is 30.5 Å². The molecule has 7 nitrogen and oxygen atoms in total. The number of hydrogen-bond acceptors (Lipinski definition) is 4. The van der Waals surface area contributed by atoms with Gasteiger partial charge in [0.05, 0.1) is 18.6 Å². The Labute approximate surface area is 165 Å². The maximum atomic E-state index is 10.8. The van der Waals surface area contributed by atoms with Crippen LogP contribution >= 0.6 is 0 Å². The van der Waals surface area contributed by atoms with Crippen molar-refractivity contribution in [3.63, 3.8) is 0 Å². The van der Waals surface area contributed by atoms with Crippen LogP contribution in [0.15, 0.2) is 53.5 Å².